The summed E-state index contributed by atoms with van der Waals surface area (Å²) in [6.07, 6.45) is 5.88. The average Bonchev–Trinajstić information content (AvgIpc) is 3.07. The first-order chi connectivity index (χ1) is 11.2. The summed E-state index contributed by atoms with van der Waals surface area (Å²) in [4.78, 5) is 14.7. The summed E-state index contributed by atoms with van der Waals surface area (Å²) < 4.78 is 8.44. The first kappa shape index (κ1) is 14.4. The molecule has 120 valence electrons. The van der Waals surface area contributed by atoms with E-state index in [0.717, 1.165) is 43.1 Å². The second kappa shape index (κ2) is 5.44. The molecule has 3 heterocycles. The van der Waals surface area contributed by atoms with Crippen molar-refractivity contribution >= 4 is 5.91 Å². The van der Waals surface area contributed by atoms with Gasteiger partial charge in [0.05, 0.1) is 17.8 Å². The molecule has 1 saturated heterocycles. The number of piperidine rings is 1. The minimum atomic E-state index is -0.619. The number of fused-ring (bicyclic) bond motifs is 3. The van der Waals surface area contributed by atoms with Gasteiger partial charge in [-0.05, 0) is 50.5 Å². The zero-order valence-corrected chi connectivity index (χ0v) is 13.5. The number of benzene rings is 1. The van der Waals surface area contributed by atoms with E-state index < -0.39 is 5.60 Å². The summed E-state index contributed by atoms with van der Waals surface area (Å²) >= 11 is 0. The van der Waals surface area contributed by atoms with Crippen molar-refractivity contribution in [3.8, 4) is 11.4 Å². The number of nitrogens with zero attached hydrogens (tertiary/aromatic N) is 2. The van der Waals surface area contributed by atoms with Crippen molar-refractivity contribution in [3.63, 3.8) is 0 Å². The molecular weight excluding hydrogens is 288 g/mol. The van der Waals surface area contributed by atoms with Crippen LogP contribution in [0.3, 0.4) is 0 Å². The molecular formula is C19H22N2O2. The number of carbonyl (C=O) groups excluding carboxylic acids is 1. The van der Waals surface area contributed by atoms with E-state index in [4.69, 9.17) is 4.74 Å². The van der Waals surface area contributed by atoms with Gasteiger partial charge in [-0.3, -0.25) is 4.79 Å². The molecule has 0 spiro atoms. The second-order valence-electron chi connectivity index (χ2n) is 6.68. The highest BCUT2D eigenvalue weighted by atomic mass is 16.5. The maximum absolute atomic E-state index is 12.8. The molecule has 1 amide bonds. The number of carbonyl (C=O) groups is 1. The number of amides is 1. The lowest BCUT2D eigenvalue weighted by atomic mass is 9.94. The Kier molecular flexibility index (Phi) is 3.40. The first-order valence-electron chi connectivity index (χ1n) is 8.41. The number of ether oxygens (including phenoxy) is 1. The topological polar surface area (TPSA) is 34.5 Å². The van der Waals surface area contributed by atoms with Crippen LogP contribution in [0, 0.1) is 0 Å². The highest BCUT2D eigenvalue weighted by Crippen LogP contribution is 2.41. The molecule has 0 bridgehead atoms. The summed E-state index contributed by atoms with van der Waals surface area (Å²) in [6, 6.07) is 12.1. The standard InChI is InChI=1S/C19H22N2O2/c1-19(14-18(22)20-11-5-2-6-12-20)17-10-7-13-21(17)15-8-3-4-9-16(15)23-19/h3-4,7-10,13H,2,5-6,11-12,14H2,1H3. The molecule has 2 aromatic rings. The van der Waals surface area contributed by atoms with Crippen LogP contribution >= 0.6 is 0 Å². The van der Waals surface area contributed by atoms with E-state index >= 15 is 0 Å². The van der Waals surface area contributed by atoms with E-state index in [9.17, 15) is 4.79 Å². The molecule has 0 aliphatic carbocycles. The van der Waals surface area contributed by atoms with Crippen LogP contribution in [0.25, 0.3) is 5.69 Å². The lowest BCUT2D eigenvalue weighted by molar-refractivity contribution is -0.136. The fourth-order valence-electron chi connectivity index (χ4n) is 3.73. The van der Waals surface area contributed by atoms with Crippen molar-refractivity contribution in [2.24, 2.45) is 0 Å². The summed E-state index contributed by atoms with van der Waals surface area (Å²) in [5, 5.41) is 0. The molecule has 0 N–H and O–H groups in total. The number of aromatic nitrogens is 1. The van der Waals surface area contributed by atoms with Gasteiger partial charge in [-0.1, -0.05) is 12.1 Å². The molecule has 4 heteroatoms. The van der Waals surface area contributed by atoms with Crippen molar-refractivity contribution < 1.29 is 9.53 Å². The fourth-order valence-corrected chi connectivity index (χ4v) is 3.73. The molecule has 1 fully saturated rings. The van der Waals surface area contributed by atoms with E-state index in [1.807, 2.05) is 48.4 Å². The molecule has 0 saturated carbocycles. The maximum atomic E-state index is 12.8. The smallest absolute Gasteiger partial charge is 0.227 e. The molecule has 1 aromatic carbocycles. The van der Waals surface area contributed by atoms with Crippen LogP contribution in [0.1, 0.15) is 38.3 Å². The number of hydrogen-bond acceptors (Lipinski definition) is 2. The van der Waals surface area contributed by atoms with Crippen LogP contribution in [-0.4, -0.2) is 28.5 Å². The van der Waals surface area contributed by atoms with E-state index in [1.165, 1.54) is 6.42 Å². The molecule has 4 nitrogen and oxygen atoms in total. The van der Waals surface area contributed by atoms with Gasteiger partial charge < -0.3 is 14.2 Å². The molecule has 1 unspecified atom stereocenters. The lowest BCUT2D eigenvalue weighted by Crippen LogP contribution is -2.43. The van der Waals surface area contributed by atoms with Gasteiger partial charge in [0, 0.05) is 19.3 Å². The van der Waals surface area contributed by atoms with Gasteiger partial charge in [0.1, 0.15) is 5.75 Å². The van der Waals surface area contributed by atoms with Gasteiger partial charge in [0.25, 0.3) is 0 Å². The molecule has 0 radical (unpaired) electrons. The third-order valence-electron chi connectivity index (χ3n) is 4.95. The Hall–Kier alpha value is -2.23. The highest BCUT2D eigenvalue weighted by molar-refractivity contribution is 5.78. The Morgan fingerprint density at radius 2 is 1.91 bits per heavy atom. The van der Waals surface area contributed by atoms with Gasteiger partial charge in [-0.25, -0.2) is 0 Å². The SMILES string of the molecule is CC1(CC(=O)N2CCCCC2)Oc2ccccc2-n2cccc21. The first-order valence-corrected chi connectivity index (χ1v) is 8.41. The summed E-state index contributed by atoms with van der Waals surface area (Å²) in [5.41, 5.74) is 1.46. The zero-order valence-electron chi connectivity index (χ0n) is 13.5. The molecule has 2 aliphatic heterocycles. The normalized spacial score (nSPS) is 22.9. The third kappa shape index (κ3) is 2.42. The molecule has 4 rings (SSSR count). The van der Waals surface area contributed by atoms with E-state index in [-0.39, 0.29) is 5.91 Å². The average molecular weight is 310 g/mol. The van der Waals surface area contributed by atoms with Gasteiger partial charge in [-0.15, -0.1) is 0 Å². The number of hydrogen-bond donors (Lipinski definition) is 0. The predicted molar refractivity (Wildman–Crippen MR) is 88.8 cm³/mol. The van der Waals surface area contributed by atoms with Crippen molar-refractivity contribution in [1.82, 2.24) is 9.47 Å². The molecule has 23 heavy (non-hydrogen) atoms. The lowest BCUT2D eigenvalue weighted by Gasteiger charge is -2.38. The molecule has 1 atom stereocenters. The summed E-state index contributed by atoms with van der Waals surface area (Å²) in [7, 11) is 0. The Labute approximate surface area is 136 Å². The van der Waals surface area contributed by atoms with Gasteiger partial charge >= 0.3 is 0 Å². The maximum Gasteiger partial charge on any atom is 0.227 e. The van der Waals surface area contributed by atoms with Crippen LogP contribution in [0.15, 0.2) is 42.6 Å². The van der Waals surface area contributed by atoms with Crippen molar-refractivity contribution in [2.45, 2.75) is 38.2 Å². The zero-order chi connectivity index (χ0) is 15.9. The third-order valence-corrected chi connectivity index (χ3v) is 4.95. The van der Waals surface area contributed by atoms with Crippen molar-refractivity contribution in [1.29, 1.82) is 0 Å². The molecule has 1 aromatic heterocycles. The fraction of sp³-hybridized carbons (Fsp3) is 0.421. The number of para-hydroxylation sites is 2. The molecule has 2 aliphatic rings. The van der Waals surface area contributed by atoms with Gasteiger partial charge in [0.15, 0.2) is 5.60 Å². The van der Waals surface area contributed by atoms with Crippen LogP contribution in [-0.2, 0) is 10.4 Å². The van der Waals surface area contributed by atoms with Crippen LogP contribution < -0.4 is 4.74 Å². The quantitative estimate of drug-likeness (QED) is 0.851. The Balaban J connectivity index is 1.65. The summed E-state index contributed by atoms with van der Waals surface area (Å²) in [6.45, 7) is 3.79. The van der Waals surface area contributed by atoms with E-state index in [1.54, 1.807) is 0 Å². The van der Waals surface area contributed by atoms with Crippen LogP contribution in [0.4, 0.5) is 0 Å². The monoisotopic (exact) mass is 310 g/mol. The second-order valence-corrected chi connectivity index (χ2v) is 6.68. The Morgan fingerprint density at radius 1 is 1.13 bits per heavy atom. The van der Waals surface area contributed by atoms with Crippen molar-refractivity contribution in [3.05, 3.63) is 48.3 Å². The van der Waals surface area contributed by atoms with Gasteiger partial charge in [-0.2, -0.15) is 0 Å². The van der Waals surface area contributed by atoms with E-state index in [0.29, 0.717) is 6.42 Å². The van der Waals surface area contributed by atoms with Crippen LogP contribution in [0.2, 0.25) is 0 Å². The van der Waals surface area contributed by atoms with Crippen molar-refractivity contribution in [2.75, 3.05) is 13.1 Å². The number of rotatable bonds is 2. The minimum absolute atomic E-state index is 0.194. The predicted octanol–water partition coefficient (Wildman–Crippen LogP) is 3.49. The largest absolute Gasteiger partial charge is 0.479 e. The highest BCUT2D eigenvalue weighted by Gasteiger charge is 2.40. The van der Waals surface area contributed by atoms with E-state index in [2.05, 4.69) is 10.6 Å². The van der Waals surface area contributed by atoms with Crippen LogP contribution in [0.5, 0.6) is 5.75 Å². The Morgan fingerprint density at radius 3 is 2.74 bits per heavy atom. The Bertz CT molecular complexity index is 730. The summed E-state index contributed by atoms with van der Waals surface area (Å²) in [5.74, 6) is 1.03. The van der Waals surface area contributed by atoms with Gasteiger partial charge in [0.2, 0.25) is 5.91 Å². The number of likely N-dealkylation sites (tertiary alicyclic amines) is 1. The minimum Gasteiger partial charge on any atom is -0.479 e.